The number of nitrogens with two attached hydrogens (primary N) is 1. The monoisotopic (exact) mass is 226 g/mol. The van der Waals surface area contributed by atoms with Gasteiger partial charge in [0.15, 0.2) is 0 Å². The van der Waals surface area contributed by atoms with Gasteiger partial charge in [0, 0.05) is 17.6 Å². The first-order chi connectivity index (χ1) is 8.36. The zero-order valence-corrected chi connectivity index (χ0v) is 9.97. The lowest BCUT2D eigenvalue weighted by molar-refractivity contribution is 0.447. The molecule has 2 N–H and O–H groups in total. The molecule has 17 heavy (non-hydrogen) atoms. The summed E-state index contributed by atoms with van der Waals surface area (Å²) in [5.74, 6) is 0.654. The quantitative estimate of drug-likeness (QED) is 0.852. The lowest BCUT2D eigenvalue weighted by Gasteiger charge is -2.20. The number of para-hydroxylation sites is 1. The Kier molecular flexibility index (Phi) is 2.81. The van der Waals surface area contributed by atoms with E-state index in [1.54, 1.807) is 0 Å². The van der Waals surface area contributed by atoms with E-state index in [2.05, 4.69) is 29.2 Å². The average molecular weight is 226 g/mol. The first kappa shape index (κ1) is 10.7. The van der Waals surface area contributed by atoms with Gasteiger partial charge in [-0.2, -0.15) is 0 Å². The molecule has 0 spiro atoms. The molecular formula is C15H18N2. The third kappa shape index (κ3) is 1.93. The van der Waals surface area contributed by atoms with E-state index in [1.165, 1.54) is 36.6 Å². The third-order valence-corrected chi connectivity index (χ3v) is 3.95. The van der Waals surface area contributed by atoms with Crippen molar-refractivity contribution < 1.29 is 0 Å². The van der Waals surface area contributed by atoms with Crippen molar-refractivity contribution in [3.63, 3.8) is 0 Å². The van der Waals surface area contributed by atoms with Gasteiger partial charge in [-0.15, -0.1) is 0 Å². The Balaban J connectivity index is 2.04. The first-order valence-electron chi connectivity index (χ1n) is 6.45. The first-order valence-corrected chi connectivity index (χ1v) is 6.45. The van der Waals surface area contributed by atoms with Crippen molar-refractivity contribution >= 4 is 10.9 Å². The van der Waals surface area contributed by atoms with Crippen LogP contribution in [-0.2, 0) is 0 Å². The fourth-order valence-corrected chi connectivity index (χ4v) is 2.98. The summed E-state index contributed by atoms with van der Waals surface area (Å²) in [6.45, 7) is 0. The highest BCUT2D eigenvalue weighted by Crippen LogP contribution is 2.36. The molecule has 1 atom stereocenters. The second-order valence-corrected chi connectivity index (χ2v) is 4.99. The van der Waals surface area contributed by atoms with Crippen LogP contribution in [0.1, 0.15) is 37.3 Å². The molecule has 3 rings (SSSR count). The van der Waals surface area contributed by atoms with Gasteiger partial charge in [-0.25, -0.2) is 0 Å². The summed E-state index contributed by atoms with van der Waals surface area (Å²) in [5, 5.41) is 1.22. The largest absolute Gasteiger partial charge is 0.324 e. The van der Waals surface area contributed by atoms with E-state index in [4.69, 9.17) is 5.73 Å². The number of benzene rings is 1. The SMILES string of the molecule is NC(c1ccnc2ccccc12)C1CCCC1. The maximum Gasteiger partial charge on any atom is 0.0705 e. The number of hydrogen-bond donors (Lipinski definition) is 1. The van der Waals surface area contributed by atoms with Gasteiger partial charge in [-0.3, -0.25) is 4.98 Å². The van der Waals surface area contributed by atoms with E-state index >= 15 is 0 Å². The number of rotatable bonds is 2. The minimum atomic E-state index is 0.172. The van der Waals surface area contributed by atoms with Crippen LogP contribution in [0.5, 0.6) is 0 Å². The predicted octanol–water partition coefficient (Wildman–Crippen LogP) is 3.42. The minimum Gasteiger partial charge on any atom is -0.324 e. The summed E-state index contributed by atoms with van der Waals surface area (Å²) in [6.07, 6.45) is 7.10. The standard InChI is InChI=1S/C15H18N2/c16-15(11-5-1-2-6-11)13-9-10-17-14-8-4-3-7-12(13)14/h3-4,7-11,15H,1-2,5-6,16H2. The van der Waals surface area contributed by atoms with E-state index in [0.717, 1.165) is 5.52 Å². The molecule has 0 aliphatic heterocycles. The van der Waals surface area contributed by atoms with Gasteiger partial charge >= 0.3 is 0 Å². The Bertz CT molecular complexity index is 510. The summed E-state index contributed by atoms with van der Waals surface area (Å²) in [7, 11) is 0. The van der Waals surface area contributed by atoms with Crippen molar-refractivity contribution in [1.29, 1.82) is 0 Å². The molecule has 0 saturated heterocycles. The van der Waals surface area contributed by atoms with Crippen LogP contribution in [0.3, 0.4) is 0 Å². The highest BCUT2D eigenvalue weighted by molar-refractivity contribution is 5.82. The summed E-state index contributed by atoms with van der Waals surface area (Å²) < 4.78 is 0. The van der Waals surface area contributed by atoms with Gasteiger partial charge in [-0.05, 0) is 36.5 Å². The van der Waals surface area contributed by atoms with Crippen LogP contribution in [0.25, 0.3) is 10.9 Å². The highest BCUT2D eigenvalue weighted by Gasteiger charge is 2.24. The maximum atomic E-state index is 6.44. The van der Waals surface area contributed by atoms with Gasteiger partial charge in [0.05, 0.1) is 5.52 Å². The van der Waals surface area contributed by atoms with Crippen molar-refractivity contribution in [3.05, 3.63) is 42.1 Å². The molecule has 1 heterocycles. The Hall–Kier alpha value is -1.41. The van der Waals surface area contributed by atoms with Gasteiger partial charge in [-0.1, -0.05) is 31.0 Å². The molecule has 1 aromatic carbocycles. The lowest BCUT2D eigenvalue weighted by Crippen LogP contribution is -2.19. The van der Waals surface area contributed by atoms with E-state index in [-0.39, 0.29) is 6.04 Å². The molecule has 0 amide bonds. The molecule has 88 valence electrons. The fourth-order valence-electron chi connectivity index (χ4n) is 2.98. The van der Waals surface area contributed by atoms with E-state index < -0.39 is 0 Å². The molecule has 1 aliphatic rings. The topological polar surface area (TPSA) is 38.9 Å². The van der Waals surface area contributed by atoms with Crippen LogP contribution >= 0.6 is 0 Å². The summed E-state index contributed by atoms with van der Waals surface area (Å²) in [4.78, 5) is 4.40. The number of hydrogen-bond acceptors (Lipinski definition) is 2. The molecule has 1 aromatic heterocycles. The Morgan fingerprint density at radius 3 is 2.71 bits per heavy atom. The number of aromatic nitrogens is 1. The molecule has 1 saturated carbocycles. The molecular weight excluding hydrogens is 208 g/mol. The normalized spacial score (nSPS) is 18.6. The highest BCUT2D eigenvalue weighted by atomic mass is 14.7. The molecule has 0 bridgehead atoms. The zero-order chi connectivity index (χ0) is 11.7. The maximum absolute atomic E-state index is 6.44. The minimum absolute atomic E-state index is 0.172. The average Bonchev–Trinajstić information content (AvgIpc) is 2.91. The Morgan fingerprint density at radius 2 is 1.88 bits per heavy atom. The Labute approximate surface area is 102 Å². The molecule has 2 heteroatoms. The van der Waals surface area contributed by atoms with E-state index in [0.29, 0.717) is 5.92 Å². The second-order valence-electron chi connectivity index (χ2n) is 4.99. The van der Waals surface area contributed by atoms with Crippen molar-refractivity contribution in [2.75, 3.05) is 0 Å². The van der Waals surface area contributed by atoms with E-state index in [1.807, 2.05) is 12.3 Å². The van der Waals surface area contributed by atoms with Gasteiger partial charge in [0.25, 0.3) is 0 Å². The molecule has 2 nitrogen and oxygen atoms in total. The van der Waals surface area contributed by atoms with Crippen LogP contribution in [0.2, 0.25) is 0 Å². The lowest BCUT2D eigenvalue weighted by atomic mass is 9.90. The number of nitrogens with zero attached hydrogens (tertiary/aromatic N) is 1. The third-order valence-electron chi connectivity index (χ3n) is 3.95. The fraction of sp³-hybridized carbons (Fsp3) is 0.400. The smallest absolute Gasteiger partial charge is 0.0705 e. The van der Waals surface area contributed by atoms with E-state index in [9.17, 15) is 0 Å². The van der Waals surface area contributed by atoms with Crippen molar-refractivity contribution in [3.8, 4) is 0 Å². The second kappa shape index (κ2) is 4.46. The summed E-state index contributed by atoms with van der Waals surface area (Å²) in [6, 6.07) is 10.5. The molecule has 0 radical (unpaired) electrons. The predicted molar refractivity (Wildman–Crippen MR) is 70.6 cm³/mol. The van der Waals surface area contributed by atoms with Crippen molar-refractivity contribution in [2.45, 2.75) is 31.7 Å². The molecule has 1 unspecified atom stereocenters. The zero-order valence-electron chi connectivity index (χ0n) is 9.97. The van der Waals surface area contributed by atoms with Crippen LogP contribution in [0, 0.1) is 5.92 Å². The number of pyridine rings is 1. The summed E-state index contributed by atoms with van der Waals surface area (Å²) in [5.41, 5.74) is 8.76. The van der Waals surface area contributed by atoms with Crippen LogP contribution in [0.4, 0.5) is 0 Å². The number of fused-ring (bicyclic) bond motifs is 1. The Morgan fingerprint density at radius 1 is 1.12 bits per heavy atom. The summed E-state index contributed by atoms with van der Waals surface area (Å²) >= 11 is 0. The van der Waals surface area contributed by atoms with Gasteiger partial charge in [0.1, 0.15) is 0 Å². The van der Waals surface area contributed by atoms with Crippen molar-refractivity contribution in [1.82, 2.24) is 4.98 Å². The molecule has 1 fully saturated rings. The van der Waals surface area contributed by atoms with Gasteiger partial charge < -0.3 is 5.73 Å². The molecule has 1 aliphatic carbocycles. The van der Waals surface area contributed by atoms with Gasteiger partial charge in [0.2, 0.25) is 0 Å². The van der Waals surface area contributed by atoms with Crippen LogP contribution in [0.15, 0.2) is 36.5 Å². The molecule has 2 aromatic rings. The van der Waals surface area contributed by atoms with Crippen LogP contribution < -0.4 is 5.73 Å². The van der Waals surface area contributed by atoms with Crippen LogP contribution in [-0.4, -0.2) is 4.98 Å². The van der Waals surface area contributed by atoms with Crippen molar-refractivity contribution in [2.24, 2.45) is 11.7 Å².